The van der Waals surface area contributed by atoms with Gasteiger partial charge in [-0.15, -0.1) is 11.3 Å². The van der Waals surface area contributed by atoms with Crippen LogP contribution in [-0.4, -0.2) is 44.3 Å². The molecule has 156 valence electrons. The number of piperidine rings is 1. The van der Waals surface area contributed by atoms with E-state index in [0.717, 1.165) is 11.3 Å². The van der Waals surface area contributed by atoms with Crippen molar-refractivity contribution in [3.63, 3.8) is 0 Å². The van der Waals surface area contributed by atoms with Crippen LogP contribution in [0.25, 0.3) is 0 Å². The van der Waals surface area contributed by atoms with E-state index in [1.165, 1.54) is 16.4 Å². The van der Waals surface area contributed by atoms with Crippen molar-refractivity contribution in [2.45, 2.75) is 24.0 Å². The van der Waals surface area contributed by atoms with E-state index in [1.54, 1.807) is 30.5 Å². The van der Waals surface area contributed by atoms with Crippen molar-refractivity contribution >= 4 is 50.5 Å². The Bertz CT molecular complexity index is 992. The SMILES string of the molecule is CCOC(=O)c1ccc(NC(=O)[C@@H]2CCCN(S(=O)(=O)c3cccs3)C2)cc1Cl. The number of esters is 1. The summed E-state index contributed by atoms with van der Waals surface area (Å²) in [5.74, 6) is -1.28. The van der Waals surface area contributed by atoms with Gasteiger partial charge in [0.1, 0.15) is 4.21 Å². The average molecular weight is 457 g/mol. The van der Waals surface area contributed by atoms with E-state index in [-0.39, 0.29) is 33.9 Å². The highest BCUT2D eigenvalue weighted by molar-refractivity contribution is 7.91. The second kappa shape index (κ2) is 9.25. The summed E-state index contributed by atoms with van der Waals surface area (Å²) in [5, 5.41) is 4.65. The van der Waals surface area contributed by atoms with Gasteiger partial charge in [-0.2, -0.15) is 4.31 Å². The van der Waals surface area contributed by atoms with Crippen LogP contribution in [0.3, 0.4) is 0 Å². The lowest BCUT2D eigenvalue weighted by Gasteiger charge is -2.30. The molecular formula is C19H21ClN2O5S2. The van der Waals surface area contributed by atoms with Crippen LogP contribution in [0, 0.1) is 5.92 Å². The Morgan fingerprint density at radius 3 is 2.79 bits per heavy atom. The first-order valence-electron chi connectivity index (χ1n) is 9.14. The molecule has 3 rings (SSSR count). The molecule has 1 amide bonds. The Morgan fingerprint density at radius 1 is 1.34 bits per heavy atom. The smallest absolute Gasteiger partial charge is 0.339 e. The Kier molecular flexibility index (Phi) is 6.94. The van der Waals surface area contributed by atoms with Crippen LogP contribution in [0.5, 0.6) is 0 Å². The maximum absolute atomic E-state index is 12.7. The molecule has 1 N–H and O–H groups in total. The normalized spacial score (nSPS) is 17.7. The first-order valence-corrected chi connectivity index (χ1v) is 11.8. The minimum Gasteiger partial charge on any atom is -0.462 e. The van der Waals surface area contributed by atoms with E-state index in [2.05, 4.69) is 5.32 Å². The predicted molar refractivity (Wildman–Crippen MR) is 112 cm³/mol. The lowest BCUT2D eigenvalue weighted by atomic mass is 9.98. The highest BCUT2D eigenvalue weighted by Gasteiger charge is 2.33. The van der Waals surface area contributed by atoms with Gasteiger partial charge in [0.2, 0.25) is 5.91 Å². The number of rotatable bonds is 6. The highest BCUT2D eigenvalue weighted by atomic mass is 35.5. The van der Waals surface area contributed by atoms with E-state index in [9.17, 15) is 18.0 Å². The van der Waals surface area contributed by atoms with E-state index >= 15 is 0 Å². The maximum atomic E-state index is 12.7. The van der Waals surface area contributed by atoms with Crippen LogP contribution in [-0.2, 0) is 19.6 Å². The zero-order chi connectivity index (χ0) is 21.0. The van der Waals surface area contributed by atoms with Gasteiger partial charge in [0.25, 0.3) is 10.0 Å². The number of carbonyl (C=O) groups excluding carboxylic acids is 2. The van der Waals surface area contributed by atoms with Gasteiger partial charge in [-0.25, -0.2) is 13.2 Å². The predicted octanol–water partition coefficient (Wildman–Crippen LogP) is 3.62. The molecule has 1 fully saturated rings. The number of thiophene rings is 1. The molecule has 0 unspecified atom stereocenters. The van der Waals surface area contributed by atoms with Crippen molar-refractivity contribution in [1.29, 1.82) is 0 Å². The lowest BCUT2D eigenvalue weighted by molar-refractivity contribution is -0.120. The van der Waals surface area contributed by atoms with Gasteiger partial charge in [-0.05, 0) is 49.4 Å². The molecule has 1 saturated heterocycles. The Hall–Kier alpha value is -1.94. The maximum Gasteiger partial charge on any atom is 0.339 e. The third kappa shape index (κ3) is 4.98. The first kappa shape index (κ1) is 21.8. The van der Waals surface area contributed by atoms with Crippen LogP contribution in [0.4, 0.5) is 5.69 Å². The number of nitrogens with zero attached hydrogens (tertiary/aromatic N) is 1. The topological polar surface area (TPSA) is 92.8 Å². The number of amides is 1. The molecule has 29 heavy (non-hydrogen) atoms. The second-order valence-electron chi connectivity index (χ2n) is 6.54. The standard InChI is InChI=1S/C19H21ClN2O5S2/c1-2-27-19(24)15-8-7-14(11-16(15)20)21-18(23)13-5-3-9-22(12-13)29(25,26)17-6-4-10-28-17/h4,6-8,10-11,13H,2-3,5,9,12H2,1H3,(H,21,23)/t13-/m1/s1. The minimum atomic E-state index is -3.59. The molecule has 10 heteroatoms. The van der Waals surface area contributed by atoms with E-state index in [0.29, 0.717) is 25.1 Å². The van der Waals surface area contributed by atoms with Gasteiger partial charge >= 0.3 is 5.97 Å². The van der Waals surface area contributed by atoms with Crippen LogP contribution in [0.2, 0.25) is 5.02 Å². The van der Waals surface area contributed by atoms with Crippen LogP contribution >= 0.6 is 22.9 Å². The van der Waals surface area contributed by atoms with Gasteiger partial charge in [0.05, 0.1) is 23.1 Å². The molecule has 2 aromatic rings. The molecule has 0 spiro atoms. The molecule has 1 aromatic heterocycles. The Balaban J connectivity index is 1.68. The fraction of sp³-hybridized carbons (Fsp3) is 0.368. The molecule has 0 aliphatic carbocycles. The van der Waals surface area contributed by atoms with E-state index in [4.69, 9.17) is 16.3 Å². The molecule has 1 aliphatic rings. The van der Waals surface area contributed by atoms with Crippen LogP contribution in [0.1, 0.15) is 30.1 Å². The van der Waals surface area contributed by atoms with Crippen molar-refractivity contribution < 1.29 is 22.7 Å². The number of benzene rings is 1. The zero-order valence-electron chi connectivity index (χ0n) is 15.8. The molecule has 1 aliphatic heterocycles. The summed E-state index contributed by atoms with van der Waals surface area (Å²) in [6.07, 6.45) is 1.20. The largest absolute Gasteiger partial charge is 0.462 e. The fourth-order valence-electron chi connectivity index (χ4n) is 3.12. The number of carbonyl (C=O) groups is 2. The second-order valence-corrected chi connectivity index (χ2v) is 10.1. The summed E-state index contributed by atoms with van der Waals surface area (Å²) in [5.41, 5.74) is 0.656. The molecule has 7 nitrogen and oxygen atoms in total. The molecular weight excluding hydrogens is 436 g/mol. The number of anilines is 1. The number of hydrogen-bond acceptors (Lipinski definition) is 6. The molecule has 0 bridgehead atoms. The molecule has 1 aromatic carbocycles. The summed E-state index contributed by atoms with van der Waals surface area (Å²) in [6, 6.07) is 7.80. The van der Waals surface area contributed by atoms with Crippen molar-refractivity contribution in [3.05, 3.63) is 46.3 Å². The number of sulfonamides is 1. The van der Waals surface area contributed by atoms with E-state index in [1.807, 2.05) is 0 Å². The van der Waals surface area contributed by atoms with Crippen molar-refractivity contribution in [2.24, 2.45) is 5.92 Å². The van der Waals surface area contributed by atoms with Gasteiger partial charge in [-0.3, -0.25) is 4.79 Å². The molecule has 1 atom stereocenters. The summed E-state index contributed by atoms with van der Waals surface area (Å²) in [6.45, 7) is 2.46. The van der Waals surface area contributed by atoms with Crippen molar-refractivity contribution in [1.82, 2.24) is 4.31 Å². The molecule has 2 heterocycles. The van der Waals surface area contributed by atoms with Gasteiger partial charge in [-0.1, -0.05) is 17.7 Å². The first-order chi connectivity index (χ1) is 13.8. The number of ether oxygens (including phenoxy) is 1. The highest BCUT2D eigenvalue weighted by Crippen LogP contribution is 2.28. The monoisotopic (exact) mass is 456 g/mol. The number of halogens is 1. The minimum absolute atomic E-state index is 0.126. The Morgan fingerprint density at radius 2 is 2.14 bits per heavy atom. The molecule has 0 saturated carbocycles. The summed E-state index contributed by atoms with van der Waals surface area (Å²) < 4.78 is 32.0. The van der Waals surface area contributed by atoms with Crippen LogP contribution in [0.15, 0.2) is 39.9 Å². The Labute approximate surface area is 178 Å². The number of hydrogen-bond donors (Lipinski definition) is 1. The lowest BCUT2D eigenvalue weighted by Crippen LogP contribution is -2.43. The number of nitrogens with one attached hydrogen (secondary N) is 1. The van der Waals surface area contributed by atoms with Crippen molar-refractivity contribution in [2.75, 3.05) is 25.0 Å². The van der Waals surface area contributed by atoms with Gasteiger partial charge in [0, 0.05) is 18.8 Å². The summed E-state index contributed by atoms with van der Waals surface area (Å²) in [7, 11) is -3.59. The summed E-state index contributed by atoms with van der Waals surface area (Å²) in [4.78, 5) is 24.5. The zero-order valence-corrected chi connectivity index (χ0v) is 18.1. The quantitative estimate of drug-likeness (QED) is 0.670. The van der Waals surface area contributed by atoms with Crippen molar-refractivity contribution in [3.8, 4) is 0 Å². The van der Waals surface area contributed by atoms with Gasteiger partial charge < -0.3 is 10.1 Å². The van der Waals surface area contributed by atoms with Crippen LogP contribution < -0.4 is 5.32 Å². The van der Waals surface area contributed by atoms with E-state index < -0.39 is 21.9 Å². The molecule has 0 radical (unpaired) electrons. The summed E-state index contributed by atoms with van der Waals surface area (Å²) >= 11 is 7.29. The average Bonchev–Trinajstić information content (AvgIpc) is 3.24. The third-order valence-electron chi connectivity index (χ3n) is 4.58. The fourth-order valence-corrected chi connectivity index (χ4v) is 6.05. The third-order valence-corrected chi connectivity index (χ3v) is 8.13. The van der Waals surface area contributed by atoms with Gasteiger partial charge in [0.15, 0.2) is 0 Å².